The summed E-state index contributed by atoms with van der Waals surface area (Å²) in [6.45, 7) is 9.38. The molecule has 1 saturated carbocycles. The van der Waals surface area contributed by atoms with Gasteiger partial charge in [-0.05, 0) is 64.9 Å². The lowest BCUT2D eigenvalue weighted by molar-refractivity contribution is -0.165. The highest BCUT2D eigenvalue weighted by atomic mass is 16.3. The summed E-state index contributed by atoms with van der Waals surface area (Å²) in [4.78, 5) is 31.9. The Morgan fingerprint density at radius 1 is 1.07 bits per heavy atom. The van der Waals surface area contributed by atoms with E-state index < -0.39 is 17.7 Å². The van der Waals surface area contributed by atoms with E-state index in [0.717, 1.165) is 49.1 Å². The molecule has 0 radical (unpaired) electrons. The molecule has 1 aliphatic carbocycles. The summed E-state index contributed by atoms with van der Waals surface area (Å²) in [5, 5.41) is 21.8. The largest absolute Gasteiger partial charge is 0.390 e. The predicted molar refractivity (Wildman–Crippen MR) is 154 cm³/mol. The van der Waals surface area contributed by atoms with Crippen LogP contribution in [-0.4, -0.2) is 74.2 Å². The number of carbonyl (C=O) groups is 2. The maximum atomic E-state index is 13.9. The van der Waals surface area contributed by atoms with E-state index in [-0.39, 0.29) is 30.3 Å². The van der Waals surface area contributed by atoms with Crippen LogP contribution in [0.2, 0.25) is 0 Å². The predicted octanol–water partition coefficient (Wildman–Crippen LogP) is 3.55. The number of hydrogen-bond acceptors (Lipinski definition) is 5. The average molecular weight is 546 g/mol. The first-order valence-corrected chi connectivity index (χ1v) is 14.8. The van der Waals surface area contributed by atoms with E-state index in [4.69, 9.17) is 0 Å². The number of aromatic amines is 1. The molecule has 8 heteroatoms. The lowest BCUT2D eigenvalue weighted by atomic mass is 9.77. The van der Waals surface area contributed by atoms with Crippen molar-refractivity contribution in [2.24, 2.45) is 5.92 Å². The molecule has 2 aliphatic heterocycles. The molecular weight excluding hydrogens is 502 g/mol. The zero-order valence-corrected chi connectivity index (χ0v) is 24.3. The molecule has 3 heterocycles. The number of carbonyl (C=O) groups excluding carboxylic acids is 2. The maximum absolute atomic E-state index is 13.9. The Hall–Kier alpha value is -3.15. The fourth-order valence-corrected chi connectivity index (χ4v) is 7.13. The quantitative estimate of drug-likeness (QED) is 0.482. The number of piperidine rings is 1. The van der Waals surface area contributed by atoms with Crippen LogP contribution in [0, 0.1) is 38.5 Å². The Balaban J connectivity index is 1.42. The van der Waals surface area contributed by atoms with Gasteiger partial charge in [-0.1, -0.05) is 55.0 Å². The van der Waals surface area contributed by atoms with E-state index >= 15 is 0 Å². The molecule has 40 heavy (non-hydrogen) atoms. The van der Waals surface area contributed by atoms with Crippen molar-refractivity contribution < 1.29 is 14.7 Å². The second kappa shape index (κ2) is 11.8. The van der Waals surface area contributed by atoms with Gasteiger partial charge in [0.1, 0.15) is 11.6 Å². The zero-order valence-electron chi connectivity index (χ0n) is 24.3. The van der Waals surface area contributed by atoms with Gasteiger partial charge in [0.15, 0.2) is 0 Å². The molecule has 5 rings (SSSR count). The van der Waals surface area contributed by atoms with Crippen molar-refractivity contribution in [2.75, 3.05) is 19.6 Å². The Morgan fingerprint density at radius 2 is 1.75 bits per heavy atom. The van der Waals surface area contributed by atoms with E-state index in [0.29, 0.717) is 25.9 Å². The molecule has 0 bridgehead atoms. The number of hydrogen-bond donors (Lipinski definition) is 3. The van der Waals surface area contributed by atoms with Gasteiger partial charge in [-0.15, -0.1) is 5.92 Å². The minimum atomic E-state index is -0.974. The number of amides is 2. The number of aryl methyl sites for hydroxylation is 3. The molecule has 2 amide bonds. The number of rotatable bonds is 6. The number of aliphatic hydroxyl groups excluding tert-OH is 1. The molecule has 3 atom stereocenters. The minimum Gasteiger partial charge on any atom is -0.390 e. The van der Waals surface area contributed by atoms with Gasteiger partial charge in [-0.25, -0.2) is 0 Å². The van der Waals surface area contributed by atoms with Crippen LogP contribution in [-0.2, 0) is 9.59 Å². The summed E-state index contributed by atoms with van der Waals surface area (Å²) in [7, 11) is 0. The lowest BCUT2D eigenvalue weighted by Gasteiger charge is -2.53. The van der Waals surface area contributed by atoms with Gasteiger partial charge in [0.2, 0.25) is 11.8 Å². The van der Waals surface area contributed by atoms with Gasteiger partial charge >= 0.3 is 0 Å². The van der Waals surface area contributed by atoms with Crippen LogP contribution in [0.5, 0.6) is 0 Å². The van der Waals surface area contributed by atoms with Gasteiger partial charge in [-0.3, -0.25) is 19.6 Å². The Morgan fingerprint density at radius 3 is 2.35 bits per heavy atom. The molecule has 1 unspecified atom stereocenters. The number of aromatic nitrogens is 2. The number of likely N-dealkylation sites (tertiary alicyclic amines) is 1. The van der Waals surface area contributed by atoms with Crippen LogP contribution in [0.15, 0.2) is 24.3 Å². The van der Waals surface area contributed by atoms with Crippen LogP contribution >= 0.6 is 0 Å². The van der Waals surface area contributed by atoms with Crippen LogP contribution in [0.4, 0.5) is 0 Å². The SMILES string of the molecule is CC#CCN1C(=O)[C@@H]([C@H](O)C2CCCCC2)NC(=O)C12CCN(C(c1ccc(C)cc1)c1c(C)n[nH]c1C)CC2. The van der Waals surface area contributed by atoms with Crippen molar-refractivity contribution in [2.45, 2.75) is 96.4 Å². The first-order chi connectivity index (χ1) is 19.3. The molecule has 1 aromatic heterocycles. The Bertz CT molecular complexity index is 1260. The fraction of sp³-hybridized carbons (Fsp3) is 0.594. The van der Waals surface area contributed by atoms with Gasteiger partial charge in [0, 0.05) is 24.3 Å². The topological polar surface area (TPSA) is 102 Å². The lowest BCUT2D eigenvalue weighted by Crippen LogP contribution is -2.75. The number of piperazine rings is 1. The smallest absolute Gasteiger partial charge is 0.249 e. The van der Waals surface area contributed by atoms with Gasteiger partial charge in [-0.2, -0.15) is 5.10 Å². The second-order valence-electron chi connectivity index (χ2n) is 11.9. The Kier molecular flexibility index (Phi) is 8.34. The molecular formula is C32H43N5O3. The maximum Gasteiger partial charge on any atom is 0.249 e. The molecule has 1 spiro atoms. The molecule has 3 fully saturated rings. The van der Waals surface area contributed by atoms with E-state index in [2.05, 4.69) is 70.4 Å². The molecule has 2 saturated heterocycles. The number of H-pyrrole nitrogens is 1. The molecule has 1 aromatic carbocycles. The summed E-state index contributed by atoms with van der Waals surface area (Å²) in [6.07, 6.45) is 5.18. The number of nitrogens with zero attached hydrogens (tertiary/aromatic N) is 3. The monoisotopic (exact) mass is 545 g/mol. The fourth-order valence-electron chi connectivity index (χ4n) is 7.13. The van der Waals surface area contributed by atoms with Crippen molar-refractivity contribution in [3.63, 3.8) is 0 Å². The van der Waals surface area contributed by atoms with Gasteiger partial charge in [0.25, 0.3) is 0 Å². The zero-order chi connectivity index (χ0) is 28.4. The highest BCUT2D eigenvalue weighted by Gasteiger charge is 2.55. The normalized spacial score (nSPS) is 23.4. The molecule has 3 N–H and O–H groups in total. The Labute approximate surface area is 237 Å². The van der Waals surface area contributed by atoms with Crippen molar-refractivity contribution in [1.82, 2.24) is 25.3 Å². The van der Waals surface area contributed by atoms with E-state index in [1.165, 1.54) is 11.1 Å². The first-order valence-electron chi connectivity index (χ1n) is 14.8. The standard InChI is InChI=1S/C32H43N5O3/c1-5-6-18-37-30(39)27(29(38)25-10-8-7-9-11-25)33-31(40)32(37)16-19-36(20-17-32)28(24-14-12-21(2)13-15-24)26-22(3)34-35-23(26)4/h12-15,25,27-29,38H,7-11,16-20H2,1-4H3,(H,33,40)(H,34,35)/t27-,28?,29-/m1/s1. The summed E-state index contributed by atoms with van der Waals surface area (Å²) in [6, 6.07) is 7.70. The van der Waals surface area contributed by atoms with Crippen LogP contribution in [0.25, 0.3) is 0 Å². The first kappa shape index (κ1) is 28.4. The average Bonchev–Trinajstić information content (AvgIpc) is 3.30. The van der Waals surface area contributed by atoms with E-state index in [1.54, 1.807) is 11.8 Å². The highest BCUT2D eigenvalue weighted by molar-refractivity contribution is 6.00. The molecule has 8 nitrogen and oxygen atoms in total. The van der Waals surface area contributed by atoms with Crippen LogP contribution in [0.3, 0.4) is 0 Å². The van der Waals surface area contributed by atoms with Gasteiger partial charge in [0.05, 0.1) is 24.4 Å². The van der Waals surface area contributed by atoms with Crippen LogP contribution in [0.1, 0.15) is 86.0 Å². The van der Waals surface area contributed by atoms with Crippen molar-refractivity contribution in [1.29, 1.82) is 0 Å². The molecule has 2 aromatic rings. The van der Waals surface area contributed by atoms with Crippen molar-refractivity contribution >= 4 is 11.8 Å². The third kappa shape index (κ3) is 5.17. The third-order valence-electron chi connectivity index (χ3n) is 9.49. The highest BCUT2D eigenvalue weighted by Crippen LogP contribution is 2.40. The summed E-state index contributed by atoms with van der Waals surface area (Å²) in [5.74, 6) is 5.63. The molecule has 214 valence electrons. The van der Waals surface area contributed by atoms with E-state index in [1.807, 2.05) is 6.92 Å². The second-order valence-corrected chi connectivity index (χ2v) is 11.9. The summed E-state index contributed by atoms with van der Waals surface area (Å²) < 4.78 is 0. The summed E-state index contributed by atoms with van der Waals surface area (Å²) in [5.41, 5.74) is 4.58. The minimum absolute atomic E-state index is 0.0104. The van der Waals surface area contributed by atoms with Crippen molar-refractivity contribution in [3.8, 4) is 11.8 Å². The van der Waals surface area contributed by atoms with Gasteiger partial charge < -0.3 is 15.3 Å². The number of nitrogens with one attached hydrogen (secondary N) is 2. The van der Waals surface area contributed by atoms with Crippen LogP contribution < -0.4 is 5.32 Å². The number of benzene rings is 1. The molecule has 3 aliphatic rings. The number of aliphatic hydroxyl groups is 1. The van der Waals surface area contributed by atoms with Crippen molar-refractivity contribution in [3.05, 3.63) is 52.3 Å². The third-order valence-corrected chi connectivity index (χ3v) is 9.49. The summed E-state index contributed by atoms with van der Waals surface area (Å²) >= 11 is 0. The van der Waals surface area contributed by atoms with E-state index in [9.17, 15) is 14.7 Å².